The predicted molar refractivity (Wildman–Crippen MR) is 66.0 cm³/mol. The van der Waals surface area contributed by atoms with Crippen molar-refractivity contribution in [3.05, 3.63) is 47.8 Å². The zero-order valence-corrected chi connectivity index (χ0v) is 9.81. The Labute approximate surface area is 95.8 Å². The standard InChI is InChI=1S/C13H15N3/c1-10-7-11(2)9-12(8-10)16(3)13-14-5-4-6-15-13/h4-9H,1-3H3. The van der Waals surface area contributed by atoms with E-state index in [0.717, 1.165) is 5.69 Å². The van der Waals surface area contributed by atoms with Crippen LogP contribution in [-0.4, -0.2) is 17.0 Å². The molecular weight excluding hydrogens is 198 g/mol. The summed E-state index contributed by atoms with van der Waals surface area (Å²) in [6.07, 6.45) is 3.50. The maximum absolute atomic E-state index is 4.23. The molecule has 2 aromatic rings. The van der Waals surface area contributed by atoms with Gasteiger partial charge in [-0.15, -0.1) is 0 Å². The molecule has 1 aromatic carbocycles. The van der Waals surface area contributed by atoms with E-state index in [-0.39, 0.29) is 0 Å². The van der Waals surface area contributed by atoms with Crippen LogP contribution in [0.3, 0.4) is 0 Å². The molecule has 0 spiro atoms. The molecule has 3 nitrogen and oxygen atoms in total. The zero-order chi connectivity index (χ0) is 11.5. The van der Waals surface area contributed by atoms with Crippen LogP contribution in [0.2, 0.25) is 0 Å². The van der Waals surface area contributed by atoms with Crippen molar-refractivity contribution in [2.45, 2.75) is 13.8 Å². The van der Waals surface area contributed by atoms with Gasteiger partial charge in [-0.2, -0.15) is 0 Å². The van der Waals surface area contributed by atoms with Gasteiger partial charge in [0.05, 0.1) is 0 Å². The average Bonchev–Trinajstić information content (AvgIpc) is 2.28. The summed E-state index contributed by atoms with van der Waals surface area (Å²) >= 11 is 0. The molecule has 0 amide bonds. The van der Waals surface area contributed by atoms with Crippen molar-refractivity contribution in [3.63, 3.8) is 0 Å². The molecule has 16 heavy (non-hydrogen) atoms. The maximum Gasteiger partial charge on any atom is 0.229 e. The molecule has 0 bridgehead atoms. The second-order valence-corrected chi connectivity index (χ2v) is 3.95. The van der Waals surface area contributed by atoms with Gasteiger partial charge in [-0.05, 0) is 43.2 Å². The summed E-state index contributed by atoms with van der Waals surface area (Å²) < 4.78 is 0. The molecule has 0 saturated heterocycles. The number of benzene rings is 1. The molecule has 0 radical (unpaired) electrons. The highest BCUT2D eigenvalue weighted by atomic mass is 15.2. The van der Waals surface area contributed by atoms with Crippen molar-refractivity contribution in [1.82, 2.24) is 9.97 Å². The first-order valence-electron chi connectivity index (χ1n) is 5.26. The predicted octanol–water partition coefficient (Wildman–Crippen LogP) is 2.86. The largest absolute Gasteiger partial charge is 0.314 e. The molecule has 0 unspecified atom stereocenters. The number of nitrogens with zero attached hydrogens (tertiary/aromatic N) is 3. The summed E-state index contributed by atoms with van der Waals surface area (Å²) in [5.41, 5.74) is 3.61. The van der Waals surface area contributed by atoms with E-state index >= 15 is 0 Å². The van der Waals surface area contributed by atoms with Gasteiger partial charge < -0.3 is 4.90 Å². The fourth-order valence-corrected chi connectivity index (χ4v) is 1.72. The molecule has 0 aliphatic carbocycles. The Balaban J connectivity index is 2.37. The van der Waals surface area contributed by atoms with Crippen LogP contribution in [0.1, 0.15) is 11.1 Å². The Hall–Kier alpha value is -1.90. The Morgan fingerprint density at radius 1 is 0.938 bits per heavy atom. The highest BCUT2D eigenvalue weighted by Gasteiger charge is 2.06. The van der Waals surface area contributed by atoms with Crippen molar-refractivity contribution in [3.8, 4) is 0 Å². The molecule has 0 N–H and O–H groups in total. The monoisotopic (exact) mass is 213 g/mol. The summed E-state index contributed by atoms with van der Waals surface area (Å²) in [6, 6.07) is 8.23. The summed E-state index contributed by atoms with van der Waals surface area (Å²) in [4.78, 5) is 10.4. The smallest absolute Gasteiger partial charge is 0.229 e. The van der Waals surface area contributed by atoms with Crippen LogP contribution in [0.5, 0.6) is 0 Å². The minimum absolute atomic E-state index is 0.715. The third-order valence-electron chi connectivity index (χ3n) is 2.45. The van der Waals surface area contributed by atoms with Gasteiger partial charge in [0.25, 0.3) is 0 Å². The van der Waals surface area contributed by atoms with Crippen LogP contribution in [0, 0.1) is 13.8 Å². The fraction of sp³-hybridized carbons (Fsp3) is 0.231. The van der Waals surface area contributed by atoms with Crippen LogP contribution < -0.4 is 4.90 Å². The van der Waals surface area contributed by atoms with Gasteiger partial charge in [-0.25, -0.2) is 9.97 Å². The lowest BCUT2D eigenvalue weighted by atomic mass is 10.1. The van der Waals surface area contributed by atoms with Crippen LogP contribution in [-0.2, 0) is 0 Å². The number of anilines is 2. The lowest BCUT2D eigenvalue weighted by Gasteiger charge is -2.17. The Morgan fingerprint density at radius 2 is 1.50 bits per heavy atom. The van der Waals surface area contributed by atoms with Crippen molar-refractivity contribution in [2.75, 3.05) is 11.9 Å². The van der Waals surface area contributed by atoms with E-state index in [2.05, 4.69) is 42.0 Å². The molecule has 1 aromatic heterocycles. The molecular formula is C13H15N3. The highest BCUT2D eigenvalue weighted by molar-refractivity contribution is 5.58. The van der Waals surface area contributed by atoms with Crippen LogP contribution >= 0.6 is 0 Å². The fourth-order valence-electron chi connectivity index (χ4n) is 1.72. The quantitative estimate of drug-likeness (QED) is 0.768. The van der Waals surface area contributed by atoms with E-state index in [0.29, 0.717) is 5.95 Å². The summed E-state index contributed by atoms with van der Waals surface area (Å²) in [5, 5.41) is 0. The summed E-state index contributed by atoms with van der Waals surface area (Å²) in [5.74, 6) is 0.715. The van der Waals surface area contributed by atoms with Crippen LogP contribution in [0.4, 0.5) is 11.6 Å². The molecule has 0 saturated carbocycles. The Kier molecular flexibility index (Phi) is 2.86. The SMILES string of the molecule is Cc1cc(C)cc(N(C)c2ncccn2)c1. The first-order chi connectivity index (χ1) is 7.66. The molecule has 1 heterocycles. The molecule has 2 rings (SSSR count). The van der Waals surface area contributed by atoms with E-state index in [9.17, 15) is 0 Å². The number of aryl methyl sites for hydroxylation is 2. The molecule has 0 fully saturated rings. The minimum atomic E-state index is 0.715. The van der Waals surface area contributed by atoms with Gasteiger partial charge in [-0.3, -0.25) is 0 Å². The van der Waals surface area contributed by atoms with Crippen molar-refractivity contribution < 1.29 is 0 Å². The van der Waals surface area contributed by atoms with E-state index in [1.54, 1.807) is 12.4 Å². The topological polar surface area (TPSA) is 29.0 Å². The second kappa shape index (κ2) is 4.31. The Morgan fingerprint density at radius 3 is 2.06 bits per heavy atom. The second-order valence-electron chi connectivity index (χ2n) is 3.95. The van der Waals surface area contributed by atoms with Gasteiger partial charge in [0.1, 0.15) is 0 Å². The number of aromatic nitrogens is 2. The van der Waals surface area contributed by atoms with E-state index < -0.39 is 0 Å². The summed E-state index contributed by atoms with van der Waals surface area (Å²) in [7, 11) is 1.98. The number of hydrogen-bond acceptors (Lipinski definition) is 3. The number of hydrogen-bond donors (Lipinski definition) is 0. The van der Waals surface area contributed by atoms with Crippen molar-refractivity contribution in [1.29, 1.82) is 0 Å². The van der Waals surface area contributed by atoms with Crippen LogP contribution in [0.15, 0.2) is 36.7 Å². The first-order valence-corrected chi connectivity index (χ1v) is 5.26. The molecule has 0 atom stereocenters. The molecule has 82 valence electrons. The normalized spacial score (nSPS) is 10.2. The molecule has 3 heteroatoms. The third-order valence-corrected chi connectivity index (χ3v) is 2.45. The lowest BCUT2D eigenvalue weighted by molar-refractivity contribution is 1.04. The lowest BCUT2D eigenvalue weighted by Crippen LogP contribution is -2.12. The van der Waals surface area contributed by atoms with Crippen molar-refractivity contribution in [2.24, 2.45) is 0 Å². The Bertz CT molecular complexity index is 460. The number of rotatable bonds is 2. The van der Waals surface area contributed by atoms with Crippen molar-refractivity contribution >= 4 is 11.6 Å². The van der Waals surface area contributed by atoms with E-state index in [1.807, 2.05) is 18.0 Å². The first kappa shape index (κ1) is 10.6. The minimum Gasteiger partial charge on any atom is -0.314 e. The van der Waals surface area contributed by atoms with Gasteiger partial charge >= 0.3 is 0 Å². The van der Waals surface area contributed by atoms with Gasteiger partial charge in [0.15, 0.2) is 0 Å². The van der Waals surface area contributed by atoms with E-state index in [1.165, 1.54) is 11.1 Å². The van der Waals surface area contributed by atoms with Gasteiger partial charge in [0, 0.05) is 25.1 Å². The van der Waals surface area contributed by atoms with E-state index in [4.69, 9.17) is 0 Å². The molecule has 0 aliphatic rings. The van der Waals surface area contributed by atoms with Gasteiger partial charge in [0.2, 0.25) is 5.95 Å². The average molecular weight is 213 g/mol. The summed E-state index contributed by atoms with van der Waals surface area (Å²) in [6.45, 7) is 4.19. The highest BCUT2D eigenvalue weighted by Crippen LogP contribution is 2.22. The molecule has 0 aliphatic heterocycles. The zero-order valence-electron chi connectivity index (χ0n) is 9.81. The maximum atomic E-state index is 4.23. The van der Waals surface area contributed by atoms with Gasteiger partial charge in [-0.1, -0.05) is 6.07 Å². The van der Waals surface area contributed by atoms with Crippen LogP contribution in [0.25, 0.3) is 0 Å². The third kappa shape index (κ3) is 2.19.